The first-order valence-corrected chi connectivity index (χ1v) is 6.30. The van der Waals surface area contributed by atoms with E-state index in [-0.39, 0.29) is 0 Å². The number of benzene rings is 1. The zero-order chi connectivity index (χ0) is 13.4. The van der Waals surface area contributed by atoms with Gasteiger partial charge in [0.2, 0.25) is 0 Å². The zero-order valence-electron chi connectivity index (χ0n) is 10.4. The van der Waals surface area contributed by atoms with Gasteiger partial charge in [0.15, 0.2) is 0 Å². The van der Waals surface area contributed by atoms with Crippen LogP contribution in [-0.4, -0.2) is 24.4 Å². The molecule has 0 aliphatic heterocycles. The van der Waals surface area contributed by atoms with Crippen LogP contribution < -0.4 is 0 Å². The number of imidazole rings is 1. The molecule has 0 spiro atoms. The molecule has 1 atom stereocenters. The minimum atomic E-state index is -0.724. The second-order valence-corrected chi connectivity index (χ2v) is 4.81. The number of hydrogen-bond donors (Lipinski definition) is 1. The van der Waals surface area contributed by atoms with E-state index >= 15 is 0 Å². The topological polar surface area (TPSA) is 55.9 Å². The van der Waals surface area contributed by atoms with Gasteiger partial charge in [0.25, 0.3) is 0 Å². The fourth-order valence-corrected chi connectivity index (χ4v) is 2.52. The number of aliphatic hydroxyl groups excluding tert-OH is 1. The average Bonchev–Trinajstić information content (AvgIpc) is 2.94. The molecule has 6 heteroatoms. The highest BCUT2D eigenvalue weighted by Crippen LogP contribution is 2.24. The third-order valence-electron chi connectivity index (χ3n) is 3.15. The maximum Gasteiger partial charge on any atom is 0.115 e. The molecule has 0 fully saturated rings. The summed E-state index contributed by atoms with van der Waals surface area (Å²) in [6.07, 6.45) is 2.53. The summed E-state index contributed by atoms with van der Waals surface area (Å²) in [6, 6.07) is 7.80. The fraction of sp³-hybridized carbons (Fsp3) is 0.231. The summed E-state index contributed by atoms with van der Waals surface area (Å²) in [7, 11) is 1.76. The zero-order valence-corrected chi connectivity index (χ0v) is 11.1. The Balaban J connectivity index is 1.93. The van der Waals surface area contributed by atoms with E-state index < -0.39 is 6.10 Å². The van der Waals surface area contributed by atoms with Crippen molar-refractivity contribution in [1.29, 1.82) is 0 Å². The van der Waals surface area contributed by atoms with Crippen LogP contribution in [0, 0.1) is 0 Å². The van der Waals surface area contributed by atoms with Crippen molar-refractivity contribution in [2.75, 3.05) is 0 Å². The lowest BCUT2D eigenvalue weighted by Gasteiger charge is -2.13. The predicted molar refractivity (Wildman–Crippen MR) is 72.9 cm³/mol. The molecule has 0 saturated heterocycles. The van der Waals surface area contributed by atoms with Crippen molar-refractivity contribution in [3.63, 3.8) is 0 Å². The Hall–Kier alpha value is -1.85. The van der Waals surface area contributed by atoms with Crippen molar-refractivity contribution >= 4 is 22.6 Å². The minimum Gasteiger partial charge on any atom is -0.385 e. The van der Waals surface area contributed by atoms with Crippen molar-refractivity contribution in [3.8, 4) is 0 Å². The normalized spacial score (nSPS) is 13.0. The van der Waals surface area contributed by atoms with Crippen LogP contribution in [0.15, 0.2) is 36.8 Å². The van der Waals surface area contributed by atoms with Crippen LogP contribution in [0.1, 0.15) is 11.8 Å². The number of rotatable bonds is 3. The molecule has 2 heterocycles. The summed E-state index contributed by atoms with van der Waals surface area (Å²) in [4.78, 5) is 4.29. The summed E-state index contributed by atoms with van der Waals surface area (Å²) < 4.78 is 3.50. The highest BCUT2D eigenvalue weighted by molar-refractivity contribution is 6.31. The van der Waals surface area contributed by atoms with Gasteiger partial charge in [-0.1, -0.05) is 23.7 Å². The summed E-state index contributed by atoms with van der Waals surface area (Å²) >= 11 is 6.03. The van der Waals surface area contributed by atoms with E-state index in [1.165, 1.54) is 6.20 Å². The quantitative estimate of drug-likeness (QED) is 0.797. The number of nitrogens with zero attached hydrogens (tertiary/aromatic N) is 4. The third kappa shape index (κ3) is 2.11. The van der Waals surface area contributed by atoms with Gasteiger partial charge in [-0.3, -0.25) is 4.68 Å². The first-order chi connectivity index (χ1) is 9.16. The van der Waals surface area contributed by atoms with Crippen LogP contribution in [0.2, 0.25) is 5.02 Å². The highest BCUT2D eigenvalue weighted by atomic mass is 35.5. The van der Waals surface area contributed by atoms with Crippen LogP contribution in [0.25, 0.3) is 11.0 Å². The van der Waals surface area contributed by atoms with E-state index in [9.17, 15) is 5.11 Å². The molecule has 3 aromatic rings. The number of hydrogen-bond acceptors (Lipinski definition) is 3. The molecule has 19 heavy (non-hydrogen) atoms. The predicted octanol–water partition coefficient (Wildman–Crippen LogP) is 2.16. The lowest BCUT2D eigenvalue weighted by Crippen LogP contribution is -2.12. The van der Waals surface area contributed by atoms with Gasteiger partial charge >= 0.3 is 0 Å². The number of halogens is 1. The van der Waals surface area contributed by atoms with Crippen LogP contribution >= 0.6 is 11.6 Å². The first kappa shape index (κ1) is 12.2. The Labute approximate surface area is 115 Å². The average molecular weight is 277 g/mol. The van der Waals surface area contributed by atoms with Gasteiger partial charge in [0, 0.05) is 7.05 Å². The van der Waals surface area contributed by atoms with Gasteiger partial charge < -0.3 is 9.67 Å². The molecule has 0 aliphatic rings. The molecule has 1 unspecified atom stereocenters. The van der Waals surface area contributed by atoms with Crippen LogP contribution in [0.3, 0.4) is 0 Å². The highest BCUT2D eigenvalue weighted by Gasteiger charge is 2.17. The fourth-order valence-electron chi connectivity index (χ4n) is 2.22. The molecule has 5 nitrogen and oxygen atoms in total. The molecule has 0 amide bonds. The van der Waals surface area contributed by atoms with Gasteiger partial charge in [-0.15, -0.1) is 0 Å². The molecule has 1 N–H and O–H groups in total. The van der Waals surface area contributed by atoms with Gasteiger partial charge in [-0.05, 0) is 12.1 Å². The first-order valence-electron chi connectivity index (χ1n) is 5.92. The molecule has 2 aromatic heterocycles. The maximum atomic E-state index is 10.3. The number of aryl methyl sites for hydroxylation is 1. The standard InChI is InChI=1S/C13H13ClN4O/c1-17-13(9(14)6-16-17)12(19)7-18-8-15-10-4-2-3-5-11(10)18/h2-6,8,12,19H,7H2,1H3. The van der Waals surface area contributed by atoms with Gasteiger partial charge in [0.1, 0.15) is 6.10 Å². The SMILES string of the molecule is Cn1ncc(Cl)c1C(O)Cn1cnc2ccccc21. The Morgan fingerprint density at radius 1 is 1.37 bits per heavy atom. The second-order valence-electron chi connectivity index (χ2n) is 4.40. The van der Waals surface area contributed by atoms with E-state index in [0.29, 0.717) is 17.3 Å². The molecule has 98 valence electrons. The Kier molecular flexibility index (Phi) is 3.00. The molecular formula is C13H13ClN4O. The van der Waals surface area contributed by atoms with E-state index in [0.717, 1.165) is 11.0 Å². The Bertz CT molecular complexity index is 699. The number of fused-ring (bicyclic) bond motifs is 1. The molecular weight excluding hydrogens is 264 g/mol. The molecule has 0 aliphatic carbocycles. The summed E-state index contributed by atoms with van der Waals surface area (Å²) in [6.45, 7) is 0.389. The van der Waals surface area contributed by atoms with Crippen LogP contribution in [0.5, 0.6) is 0 Å². The number of aromatic nitrogens is 4. The Morgan fingerprint density at radius 2 is 2.16 bits per heavy atom. The Morgan fingerprint density at radius 3 is 2.89 bits per heavy atom. The molecule has 0 radical (unpaired) electrons. The minimum absolute atomic E-state index is 0.389. The lowest BCUT2D eigenvalue weighted by atomic mass is 10.2. The summed E-state index contributed by atoms with van der Waals surface area (Å²) in [5.74, 6) is 0. The number of para-hydroxylation sites is 2. The van der Waals surface area contributed by atoms with Gasteiger partial charge in [-0.25, -0.2) is 4.98 Å². The van der Waals surface area contributed by atoms with Gasteiger partial charge in [-0.2, -0.15) is 5.10 Å². The van der Waals surface area contributed by atoms with Gasteiger partial charge in [0.05, 0.1) is 40.8 Å². The lowest BCUT2D eigenvalue weighted by molar-refractivity contribution is 0.148. The third-order valence-corrected chi connectivity index (χ3v) is 3.44. The molecule has 0 saturated carbocycles. The largest absolute Gasteiger partial charge is 0.385 e. The van der Waals surface area contributed by atoms with Crippen molar-refractivity contribution < 1.29 is 5.11 Å². The van der Waals surface area contributed by atoms with E-state index in [1.54, 1.807) is 18.1 Å². The van der Waals surface area contributed by atoms with Crippen LogP contribution in [0.4, 0.5) is 0 Å². The van der Waals surface area contributed by atoms with Crippen molar-refractivity contribution in [2.45, 2.75) is 12.6 Å². The van der Waals surface area contributed by atoms with E-state index in [2.05, 4.69) is 10.1 Å². The molecule has 3 rings (SSSR count). The van der Waals surface area contributed by atoms with E-state index in [4.69, 9.17) is 11.6 Å². The maximum absolute atomic E-state index is 10.3. The van der Waals surface area contributed by atoms with Crippen molar-refractivity contribution in [2.24, 2.45) is 7.05 Å². The van der Waals surface area contributed by atoms with Crippen LogP contribution in [-0.2, 0) is 13.6 Å². The van der Waals surface area contributed by atoms with E-state index in [1.807, 2.05) is 28.8 Å². The second kappa shape index (κ2) is 4.68. The van der Waals surface area contributed by atoms with Crippen molar-refractivity contribution in [1.82, 2.24) is 19.3 Å². The smallest absolute Gasteiger partial charge is 0.115 e. The molecule has 1 aromatic carbocycles. The molecule has 0 bridgehead atoms. The monoisotopic (exact) mass is 276 g/mol. The summed E-state index contributed by atoms with van der Waals surface area (Å²) in [5, 5.41) is 14.8. The van der Waals surface area contributed by atoms with Crippen molar-refractivity contribution in [3.05, 3.63) is 47.5 Å². The summed E-state index contributed by atoms with van der Waals surface area (Å²) in [5.41, 5.74) is 2.50. The number of aliphatic hydroxyl groups is 1.